The molecule has 1 fully saturated rings. The number of hydrogen-bond acceptors (Lipinski definition) is 7. The average Bonchev–Trinajstić information content (AvgIpc) is 3.00. The molecule has 3 atom stereocenters. The van der Waals surface area contributed by atoms with Crippen molar-refractivity contribution < 1.29 is 34.3 Å². The van der Waals surface area contributed by atoms with E-state index in [0.717, 1.165) is 36.0 Å². The lowest BCUT2D eigenvalue weighted by Crippen LogP contribution is -2.62. The third-order valence-corrected chi connectivity index (χ3v) is 9.63. The number of rotatable bonds is 12. The van der Waals surface area contributed by atoms with Crippen LogP contribution in [0, 0.1) is 5.92 Å². The highest BCUT2D eigenvalue weighted by Crippen LogP contribution is 2.65. The van der Waals surface area contributed by atoms with Crippen LogP contribution in [-0.4, -0.2) is 40.1 Å². The van der Waals surface area contributed by atoms with Crippen molar-refractivity contribution in [2.75, 3.05) is 13.2 Å². The van der Waals surface area contributed by atoms with Crippen LogP contribution in [0.3, 0.4) is 0 Å². The van der Waals surface area contributed by atoms with Crippen molar-refractivity contribution in [3.8, 4) is 34.1 Å². The summed E-state index contributed by atoms with van der Waals surface area (Å²) >= 11 is 0. The van der Waals surface area contributed by atoms with Gasteiger partial charge in [0.2, 0.25) is 5.60 Å². The van der Waals surface area contributed by atoms with E-state index in [2.05, 4.69) is 39.5 Å². The van der Waals surface area contributed by atoms with Gasteiger partial charge in [0.1, 0.15) is 28.6 Å². The second-order valence-electron chi connectivity index (χ2n) is 13.4. The van der Waals surface area contributed by atoms with E-state index in [1.54, 1.807) is 31.2 Å². The van der Waals surface area contributed by atoms with E-state index in [4.69, 9.17) is 14.2 Å². The smallest absolute Gasteiger partial charge is 0.350 e. The first kappa shape index (κ1) is 33.4. The lowest BCUT2D eigenvalue weighted by molar-refractivity contribution is -0.183. The van der Waals surface area contributed by atoms with Crippen molar-refractivity contribution in [2.24, 2.45) is 5.92 Å². The Bertz CT molecular complexity index is 1610. The van der Waals surface area contributed by atoms with Gasteiger partial charge in [-0.25, -0.2) is 4.79 Å². The van der Waals surface area contributed by atoms with Crippen molar-refractivity contribution in [3.63, 3.8) is 0 Å². The highest BCUT2D eigenvalue weighted by atomic mass is 16.6. The molecule has 2 aliphatic heterocycles. The van der Waals surface area contributed by atoms with Crippen molar-refractivity contribution in [2.45, 2.75) is 97.2 Å². The number of aliphatic hydroxyl groups excluding tert-OH is 1. The maximum atomic E-state index is 13.5. The predicted octanol–water partition coefficient (Wildman–Crippen LogP) is 8.36. The maximum absolute atomic E-state index is 13.5. The lowest BCUT2D eigenvalue weighted by Gasteiger charge is -2.56. The van der Waals surface area contributed by atoms with Gasteiger partial charge in [0.25, 0.3) is 0 Å². The second-order valence-corrected chi connectivity index (χ2v) is 13.4. The summed E-state index contributed by atoms with van der Waals surface area (Å²) in [5, 5.41) is 32.4. The minimum Gasteiger partial charge on any atom is -0.508 e. The van der Waals surface area contributed by atoms with Gasteiger partial charge in [-0.3, -0.25) is 0 Å². The molecule has 1 saturated carbocycles. The molecule has 46 heavy (non-hydrogen) atoms. The van der Waals surface area contributed by atoms with Crippen LogP contribution < -0.4 is 9.47 Å². The number of allylic oxidation sites excluding steroid dienone is 5. The van der Waals surface area contributed by atoms with Crippen LogP contribution in [0.5, 0.6) is 23.0 Å². The van der Waals surface area contributed by atoms with Crippen molar-refractivity contribution in [1.82, 2.24) is 0 Å². The number of aromatic hydroxyl groups is 2. The first-order valence-corrected chi connectivity index (χ1v) is 16.5. The molecule has 2 bridgehead atoms. The molecule has 0 amide bonds. The standard InChI is InChI=1S/C39H48O7/c1-7-44-37(43)38-19-18-31(25(4)5)39(23-38)35-33(45-38)17-16-32(42)34(35)30-21-29(41)20-28(36(30)46-39)15-14-27(22-40)13-9-12-26(6)11-8-10-24(2)3/h10,12,14,16-17,20-21,31,40-42H,4,7-9,11,13,15,18-19,22-23H2,1-3,5-6H3/b26-12+,27-14-/t31-,38-,39+/m0/s1. The molecule has 7 heteroatoms. The summed E-state index contributed by atoms with van der Waals surface area (Å²) in [5.41, 5.74) is 4.66. The molecule has 0 unspecified atom stereocenters. The van der Waals surface area contributed by atoms with Gasteiger partial charge >= 0.3 is 5.97 Å². The maximum Gasteiger partial charge on any atom is 0.350 e. The van der Waals surface area contributed by atoms with Gasteiger partial charge in [0, 0.05) is 34.6 Å². The van der Waals surface area contributed by atoms with Crippen LogP contribution in [0.4, 0.5) is 0 Å². The predicted molar refractivity (Wildman–Crippen MR) is 180 cm³/mol. The van der Waals surface area contributed by atoms with Crippen molar-refractivity contribution in [1.29, 1.82) is 0 Å². The van der Waals surface area contributed by atoms with Crippen molar-refractivity contribution >= 4 is 5.97 Å². The number of benzene rings is 2. The number of fused-ring (bicyclic) bond motifs is 3. The summed E-state index contributed by atoms with van der Waals surface area (Å²) in [6.07, 6.45) is 11.7. The summed E-state index contributed by atoms with van der Waals surface area (Å²) in [7, 11) is 0. The van der Waals surface area contributed by atoms with E-state index in [1.807, 2.05) is 13.0 Å². The molecular weight excluding hydrogens is 580 g/mol. The highest BCUT2D eigenvalue weighted by molar-refractivity contribution is 5.88. The Balaban J connectivity index is 1.54. The zero-order valence-corrected chi connectivity index (χ0v) is 27.9. The number of carbonyl (C=O) groups is 1. The summed E-state index contributed by atoms with van der Waals surface area (Å²) in [6.45, 7) is 14.6. The quantitative estimate of drug-likeness (QED) is 0.160. The van der Waals surface area contributed by atoms with E-state index in [-0.39, 0.29) is 37.1 Å². The van der Waals surface area contributed by atoms with Gasteiger partial charge in [0.05, 0.1) is 13.2 Å². The Labute approximate surface area is 272 Å². The Morgan fingerprint density at radius 3 is 2.52 bits per heavy atom. The first-order chi connectivity index (χ1) is 21.9. The molecule has 1 spiro atoms. The molecule has 5 rings (SSSR count). The van der Waals surface area contributed by atoms with Crippen LogP contribution in [0.15, 0.2) is 71.4 Å². The molecule has 7 nitrogen and oxygen atoms in total. The lowest BCUT2D eigenvalue weighted by atomic mass is 9.60. The molecular formula is C39H48O7. The van der Waals surface area contributed by atoms with Gasteiger partial charge in [-0.2, -0.15) is 0 Å². The number of ether oxygens (including phenoxy) is 3. The van der Waals surface area contributed by atoms with E-state index < -0.39 is 17.2 Å². The first-order valence-electron chi connectivity index (χ1n) is 16.5. The van der Waals surface area contributed by atoms with Crippen LogP contribution in [0.1, 0.15) is 90.7 Å². The zero-order valence-electron chi connectivity index (χ0n) is 27.9. The third-order valence-electron chi connectivity index (χ3n) is 9.63. The SMILES string of the molecule is C=C(C)[C@@H]1CC[C@@]2(C(=O)OCC)C[C@@]13Oc1c(C/C=C(\CO)CC/C=C(\C)CCC=C(C)C)cc(O)cc1-c1c(O)ccc(c13)O2. The summed E-state index contributed by atoms with van der Waals surface area (Å²) in [5.74, 6) is 0.484. The largest absolute Gasteiger partial charge is 0.508 e. The Morgan fingerprint density at radius 2 is 1.83 bits per heavy atom. The van der Waals surface area contributed by atoms with E-state index >= 15 is 0 Å². The minimum absolute atomic E-state index is 0.0378. The fourth-order valence-electron chi connectivity index (χ4n) is 7.44. The van der Waals surface area contributed by atoms with E-state index in [1.165, 1.54) is 11.1 Å². The number of carbonyl (C=O) groups excluding carboxylic acids is 1. The molecule has 3 N–H and O–H groups in total. The molecule has 2 aromatic rings. The Hall–Kier alpha value is -3.97. The zero-order chi connectivity index (χ0) is 33.2. The van der Waals surface area contributed by atoms with Gasteiger partial charge in [-0.15, -0.1) is 0 Å². The molecule has 2 aromatic carbocycles. The number of hydrogen-bond donors (Lipinski definition) is 3. The van der Waals surface area contributed by atoms with E-state index in [9.17, 15) is 20.1 Å². The van der Waals surface area contributed by atoms with Crippen LogP contribution in [-0.2, 0) is 21.6 Å². The molecule has 0 radical (unpaired) electrons. The van der Waals surface area contributed by atoms with Gasteiger partial charge in [0.15, 0.2) is 0 Å². The van der Waals surface area contributed by atoms with Gasteiger partial charge in [-0.05, 0) is 109 Å². The highest BCUT2D eigenvalue weighted by Gasteiger charge is 2.64. The van der Waals surface area contributed by atoms with Crippen LogP contribution >= 0.6 is 0 Å². The normalized spacial score (nSPS) is 23.0. The van der Waals surface area contributed by atoms with Gasteiger partial charge < -0.3 is 29.5 Å². The van der Waals surface area contributed by atoms with Crippen molar-refractivity contribution in [3.05, 3.63) is 82.5 Å². The molecule has 1 aliphatic carbocycles. The molecule has 0 aromatic heterocycles. The summed E-state index contributed by atoms with van der Waals surface area (Å²) < 4.78 is 19.1. The molecule has 0 saturated heterocycles. The average molecular weight is 629 g/mol. The number of esters is 1. The molecule has 2 heterocycles. The fraction of sp³-hybridized carbons (Fsp3) is 0.462. The number of phenols is 2. The topological polar surface area (TPSA) is 105 Å². The molecule has 3 aliphatic rings. The van der Waals surface area contributed by atoms with Crippen LogP contribution in [0.2, 0.25) is 0 Å². The van der Waals surface area contributed by atoms with Crippen LogP contribution in [0.25, 0.3) is 11.1 Å². The summed E-state index contributed by atoms with van der Waals surface area (Å²) in [4.78, 5) is 13.5. The number of aliphatic hydroxyl groups is 1. The van der Waals surface area contributed by atoms with Gasteiger partial charge in [-0.1, -0.05) is 41.5 Å². The fourth-order valence-corrected chi connectivity index (χ4v) is 7.44. The molecule has 246 valence electrons. The van der Waals surface area contributed by atoms with E-state index in [0.29, 0.717) is 53.9 Å². The number of phenolic OH excluding ortho intramolecular Hbond substituents is 2. The summed E-state index contributed by atoms with van der Waals surface area (Å²) in [6, 6.07) is 6.53. The minimum atomic E-state index is -1.24. The Morgan fingerprint density at radius 1 is 1.07 bits per heavy atom. The Kier molecular flexibility index (Phi) is 9.73. The third kappa shape index (κ3) is 6.22. The monoisotopic (exact) mass is 628 g/mol. The second kappa shape index (κ2) is 13.4.